The first-order chi connectivity index (χ1) is 16.8. The van der Waals surface area contributed by atoms with E-state index >= 15 is 0 Å². The van der Waals surface area contributed by atoms with Crippen LogP contribution in [0.2, 0.25) is 0 Å². The second kappa shape index (κ2) is 10.8. The molecule has 1 N–H and O–H groups in total. The lowest BCUT2D eigenvalue weighted by molar-refractivity contribution is -0.130. The Bertz CT molecular complexity index is 1230. The number of hydrogen-bond acceptors (Lipinski definition) is 6. The van der Waals surface area contributed by atoms with Crippen LogP contribution in [0.25, 0.3) is 0 Å². The smallest absolute Gasteiger partial charge is 0.284 e. The standard InChI is InChI=1S/C24H26FN3O5S2/c1-33-19-9-5-6-17(14-19)26-22(29)15-21-23(30)28(18-7-3-2-4-8-18)24(34-21)27-35(31,32)20-12-10-16(25)11-13-20/h5-6,9-14,18,21H,2-4,7-8,15H2,1H3,(H,26,29)/t21-/m1/s1. The fourth-order valence-corrected chi connectivity index (χ4v) is 6.60. The van der Waals surface area contributed by atoms with Crippen molar-refractivity contribution in [3.05, 3.63) is 54.3 Å². The molecule has 2 aromatic rings. The number of ether oxygens (including phenoxy) is 1. The van der Waals surface area contributed by atoms with E-state index in [1.807, 2.05) is 0 Å². The first-order valence-electron chi connectivity index (χ1n) is 11.3. The normalized spacial score (nSPS) is 20.3. The van der Waals surface area contributed by atoms with Crippen LogP contribution >= 0.6 is 11.8 Å². The number of sulfonamides is 1. The average molecular weight is 520 g/mol. The van der Waals surface area contributed by atoms with Gasteiger partial charge in [0.05, 0.1) is 12.0 Å². The fraction of sp³-hybridized carbons (Fsp3) is 0.375. The zero-order chi connectivity index (χ0) is 25.0. The van der Waals surface area contributed by atoms with Crippen molar-refractivity contribution in [3.63, 3.8) is 0 Å². The second-order valence-corrected chi connectivity index (χ2v) is 11.2. The lowest BCUT2D eigenvalue weighted by atomic mass is 9.94. The van der Waals surface area contributed by atoms with Crippen molar-refractivity contribution in [3.8, 4) is 5.75 Å². The van der Waals surface area contributed by atoms with Crippen LogP contribution < -0.4 is 10.1 Å². The molecule has 8 nitrogen and oxygen atoms in total. The monoisotopic (exact) mass is 519 g/mol. The Morgan fingerprint density at radius 1 is 1.17 bits per heavy atom. The Labute approximate surface area is 208 Å². The van der Waals surface area contributed by atoms with E-state index in [9.17, 15) is 22.4 Å². The first-order valence-corrected chi connectivity index (χ1v) is 13.6. The molecule has 1 atom stereocenters. The molecular weight excluding hydrogens is 493 g/mol. The Morgan fingerprint density at radius 3 is 2.57 bits per heavy atom. The molecule has 0 radical (unpaired) electrons. The van der Waals surface area contributed by atoms with E-state index in [2.05, 4.69) is 9.71 Å². The zero-order valence-corrected chi connectivity index (χ0v) is 20.8. The van der Waals surface area contributed by atoms with Gasteiger partial charge < -0.3 is 10.1 Å². The van der Waals surface area contributed by atoms with Crippen LogP contribution in [0.5, 0.6) is 5.75 Å². The summed E-state index contributed by atoms with van der Waals surface area (Å²) in [6.45, 7) is 0. The quantitative estimate of drug-likeness (QED) is 0.588. The summed E-state index contributed by atoms with van der Waals surface area (Å²) in [5.74, 6) is -0.683. The minimum Gasteiger partial charge on any atom is -0.497 e. The molecule has 1 aliphatic carbocycles. The molecule has 1 saturated carbocycles. The Balaban J connectivity index is 1.56. The molecule has 0 spiro atoms. The number of carbonyl (C=O) groups excluding carboxylic acids is 2. The highest BCUT2D eigenvalue weighted by molar-refractivity contribution is 8.16. The number of nitrogens with zero attached hydrogens (tertiary/aromatic N) is 2. The van der Waals surface area contributed by atoms with Gasteiger partial charge >= 0.3 is 0 Å². The molecular formula is C24H26FN3O5S2. The molecule has 2 aliphatic rings. The van der Waals surface area contributed by atoms with Gasteiger partial charge in [-0.15, -0.1) is 4.40 Å². The summed E-state index contributed by atoms with van der Waals surface area (Å²) >= 11 is 0.979. The van der Waals surface area contributed by atoms with Crippen molar-refractivity contribution < 1.29 is 27.1 Å². The minimum absolute atomic E-state index is 0.0606. The van der Waals surface area contributed by atoms with Crippen LogP contribution in [-0.2, 0) is 19.6 Å². The highest BCUT2D eigenvalue weighted by atomic mass is 32.2. The van der Waals surface area contributed by atoms with Gasteiger partial charge in [-0.1, -0.05) is 37.1 Å². The number of hydrogen-bond donors (Lipinski definition) is 1. The molecule has 2 aromatic carbocycles. The summed E-state index contributed by atoms with van der Waals surface area (Å²) in [6, 6.07) is 11.1. The van der Waals surface area contributed by atoms with Crippen molar-refractivity contribution in [2.24, 2.45) is 4.40 Å². The number of thioether (sulfide) groups is 1. The first kappa shape index (κ1) is 25.2. The van der Waals surface area contributed by atoms with Gasteiger partial charge in [0.2, 0.25) is 11.8 Å². The maximum Gasteiger partial charge on any atom is 0.284 e. The van der Waals surface area contributed by atoms with E-state index < -0.39 is 21.1 Å². The van der Waals surface area contributed by atoms with Crippen molar-refractivity contribution in [1.82, 2.24) is 4.90 Å². The minimum atomic E-state index is -4.17. The van der Waals surface area contributed by atoms with Crippen molar-refractivity contribution >= 4 is 44.5 Å². The number of carbonyl (C=O) groups is 2. The summed E-state index contributed by atoms with van der Waals surface area (Å²) in [6.07, 6.45) is 4.25. The van der Waals surface area contributed by atoms with Crippen LogP contribution in [-0.4, -0.2) is 48.7 Å². The van der Waals surface area contributed by atoms with Gasteiger partial charge in [0.1, 0.15) is 16.8 Å². The lowest BCUT2D eigenvalue weighted by Gasteiger charge is -2.30. The average Bonchev–Trinajstić information content (AvgIpc) is 3.13. The van der Waals surface area contributed by atoms with Crippen LogP contribution in [0.3, 0.4) is 0 Å². The summed E-state index contributed by atoms with van der Waals surface area (Å²) in [5, 5.41) is 2.02. The Kier molecular flexibility index (Phi) is 7.75. The number of anilines is 1. The van der Waals surface area contributed by atoms with Gasteiger partial charge in [0.15, 0.2) is 5.17 Å². The van der Waals surface area contributed by atoms with E-state index in [0.717, 1.165) is 68.1 Å². The topological polar surface area (TPSA) is 105 Å². The number of amidine groups is 1. The molecule has 0 unspecified atom stereocenters. The summed E-state index contributed by atoms with van der Waals surface area (Å²) in [5.41, 5.74) is 0.529. The number of rotatable bonds is 7. The van der Waals surface area contributed by atoms with Gasteiger partial charge in [-0.25, -0.2) is 4.39 Å². The molecule has 0 bridgehead atoms. The predicted octanol–water partition coefficient (Wildman–Crippen LogP) is 4.18. The number of benzene rings is 2. The SMILES string of the molecule is COc1cccc(NC(=O)C[C@H]2SC(=NS(=O)(=O)c3ccc(F)cc3)N(C3CCCCC3)C2=O)c1. The van der Waals surface area contributed by atoms with Crippen molar-refractivity contribution in [1.29, 1.82) is 0 Å². The molecule has 2 fully saturated rings. The molecule has 2 amide bonds. The van der Waals surface area contributed by atoms with Gasteiger partial charge in [0, 0.05) is 24.2 Å². The fourth-order valence-electron chi connectivity index (χ4n) is 4.20. The molecule has 1 saturated heterocycles. The summed E-state index contributed by atoms with van der Waals surface area (Å²) < 4.78 is 48.2. The van der Waals surface area contributed by atoms with Crippen LogP contribution in [0.4, 0.5) is 10.1 Å². The Hall–Kier alpha value is -2.92. The largest absolute Gasteiger partial charge is 0.497 e. The van der Waals surface area contributed by atoms with E-state index in [4.69, 9.17) is 4.74 Å². The zero-order valence-electron chi connectivity index (χ0n) is 19.1. The maximum absolute atomic E-state index is 13.4. The van der Waals surface area contributed by atoms with Crippen molar-refractivity contribution in [2.45, 2.75) is 54.7 Å². The Morgan fingerprint density at radius 2 is 1.89 bits per heavy atom. The van der Waals surface area contributed by atoms with Crippen LogP contribution in [0.1, 0.15) is 38.5 Å². The third-order valence-corrected chi connectivity index (χ3v) is 8.49. The molecule has 4 rings (SSSR count). The predicted molar refractivity (Wildman–Crippen MR) is 132 cm³/mol. The van der Waals surface area contributed by atoms with Gasteiger partial charge in [0.25, 0.3) is 10.0 Å². The van der Waals surface area contributed by atoms with E-state index in [-0.39, 0.29) is 34.3 Å². The van der Waals surface area contributed by atoms with Crippen molar-refractivity contribution in [2.75, 3.05) is 12.4 Å². The summed E-state index contributed by atoms with van der Waals surface area (Å²) in [4.78, 5) is 27.4. The van der Waals surface area contributed by atoms with Gasteiger partial charge in [-0.2, -0.15) is 8.42 Å². The van der Waals surface area contributed by atoms with E-state index in [1.54, 1.807) is 24.3 Å². The molecule has 0 aromatic heterocycles. The molecule has 35 heavy (non-hydrogen) atoms. The van der Waals surface area contributed by atoms with E-state index in [0.29, 0.717) is 11.4 Å². The third-order valence-electron chi connectivity index (χ3n) is 5.94. The summed E-state index contributed by atoms with van der Waals surface area (Å²) in [7, 11) is -2.65. The molecule has 11 heteroatoms. The maximum atomic E-state index is 13.4. The highest BCUT2D eigenvalue weighted by Crippen LogP contribution is 2.36. The number of nitrogens with one attached hydrogen (secondary N) is 1. The number of halogens is 1. The highest BCUT2D eigenvalue weighted by Gasteiger charge is 2.43. The molecule has 1 heterocycles. The lowest BCUT2D eigenvalue weighted by Crippen LogP contribution is -2.42. The molecule has 186 valence electrons. The molecule has 1 aliphatic heterocycles. The number of methoxy groups -OCH3 is 1. The van der Waals surface area contributed by atoms with E-state index in [1.165, 1.54) is 12.0 Å². The third kappa shape index (κ3) is 6.02. The van der Waals surface area contributed by atoms with Crippen LogP contribution in [0, 0.1) is 5.82 Å². The van der Waals surface area contributed by atoms with Gasteiger partial charge in [-0.05, 0) is 49.2 Å². The van der Waals surface area contributed by atoms with Crippen LogP contribution in [0.15, 0.2) is 57.8 Å². The number of amides is 2. The second-order valence-electron chi connectivity index (χ2n) is 8.39. The van der Waals surface area contributed by atoms with Gasteiger partial charge in [-0.3, -0.25) is 14.5 Å².